The highest BCUT2D eigenvalue weighted by molar-refractivity contribution is 5.88. The molecule has 0 unspecified atom stereocenters. The van der Waals surface area contributed by atoms with Crippen LogP contribution in [0.5, 0.6) is 0 Å². The highest BCUT2D eigenvalue weighted by Gasteiger charge is 2.29. The summed E-state index contributed by atoms with van der Waals surface area (Å²) in [5.41, 5.74) is 5.32. The lowest BCUT2D eigenvalue weighted by Gasteiger charge is -2.19. The summed E-state index contributed by atoms with van der Waals surface area (Å²) in [6, 6.07) is 21.7. The van der Waals surface area contributed by atoms with E-state index >= 15 is 0 Å². The van der Waals surface area contributed by atoms with Crippen molar-refractivity contribution in [3.8, 4) is 11.1 Å². The molecule has 0 heterocycles. The van der Waals surface area contributed by atoms with Gasteiger partial charge in [0.05, 0.1) is 5.56 Å². The number of amides is 2. The smallest absolute Gasteiger partial charge is 0.407 e. The Morgan fingerprint density at radius 2 is 1.59 bits per heavy atom. The normalized spacial score (nSPS) is 12.9. The summed E-state index contributed by atoms with van der Waals surface area (Å²) in [5.74, 6) is -1.46. The van der Waals surface area contributed by atoms with Crippen LogP contribution in [0, 0.1) is 0 Å². The van der Waals surface area contributed by atoms with E-state index in [1.165, 1.54) is 12.1 Å². The molecule has 0 aliphatic heterocycles. The summed E-state index contributed by atoms with van der Waals surface area (Å²) in [4.78, 5) is 36.2. The van der Waals surface area contributed by atoms with Crippen molar-refractivity contribution in [2.75, 3.05) is 6.61 Å². The highest BCUT2D eigenvalue weighted by Crippen LogP contribution is 2.44. The Morgan fingerprint density at radius 1 is 0.941 bits per heavy atom. The Balaban J connectivity index is 1.33. The van der Waals surface area contributed by atoms with Gasteiger partial charge in [-0.3, -0.25) is 4.79 Å². The second kappa shape index (κ2) is 10.2. The third-order valence-electron chi connectivity index (χ3n) is 6.00. The Labute approximate surface area is 197 Å². The van der Waals surface area contributed by atoms with Crippen molar-refractivity contribution >= 4 is 18.0 Å². The van der Waals surface area contributed by atoms with Gasteiger partial charge < -0.3 is 20.5 Å². The lowest BCUT2D eigenvalue weighted by molar-refractivity contribution is -0.123. The second-order valence-electron chi connectivity index (χ2n) is 8.15. The van der Waals surface area contributed by atoms with Crippen molar-refractivity contribution in [3.05, 3.63) is 95.1 Å². The number of hydrogen-bond donors (Lipinski definition) is 3. The first-order valence-electron chi connectivity index (χ1n) is 11.2. The molecule has 0 radical (unpaired) electrons. The summed E-state index contributed by atoms with van der Waals surface area (Å²) in [5, 5.41) is 14.5. The van der Waals surface area contributed by atoms with Gasteiger partial charge in [-0.2, -0.15) is 0 Å². The number of nitrogens with one attached hydrogen (secondary N) is 2. The maximum absolute atomic E-state index is 12.6. The zero-order valence-corrected chi connectivity index (χ0v) is 18.8. The topological polar surface area (TPSA) is 105 Å². The first kappa shape index (κ1) is 23.0. The molecular weight excluding hydrogens is 432 g/mol. The van der Waals surface area contributed by atoms with Crippen LogP contribution in [-0.2, 0) is 16.1 Å². The average molecular weight is 459 g/mol. The molecule has 0 saturated heterocycles. The zero-order chi connectivity index (χ0) is 24.1. The van der Waals surface area contributed by atoms with Crippen LogP contribution >= 0.6 is 0 Å². The summed E-state index contributed by atoms with van der Waals surface area (Å²) < 4.78 is 5.53. The number of fused-ring (bicyclic) bond motifs is 3. The fourth-order valence-electron chi connectivity index (χ4n) is 4.26. The summed E-state index contributed by atoms with van der Waals surface area (Å²) in [7, 11) is 0. The number of alkyl carbamates (subject to hydrolysis) is 1. The molecule has 1 aliphatic carbocycles. The number of benzene rings is 3. The van der Waals surface area contributed by atoms with Crippen LogP contribution in [0.15, 0.2) is 72.8 Å². The molecule has 7 nitrogen and oxygen atoms in total. The monoisotopic (exact) mass is 458 g/mol. The minimum Gasteiger partial charge on any atom is -0.478 e. The van der Waals surface area contributed by atoms with Crippen LogP contribution in [0.2, 0.25) is 0 Å². The molecule has 0 spiro atoms. The molecule has 174 valence electrons. The van der Waals surface area contributed by atoms with E-state index in [0.717, 1.165) is 22.3 Å². The van der Waals surface area contributed by atoms with Crippen LogP contribution in [-0.4, -0.2) is 35.7 Å². The SMILES string of the molecule is CC[C@@H](NC(=O)OCC1c2ccccc2-c2ccccc21)C(=O)NCc1cccc(C(=O)O)c1. The zero-order valence-electron chi connectivity index (χ0n) is 18.8. The predicted molar refractivity (Wildman–Crippen MR) is 128 cm³/mol. The van der Waals surface area contributed by atoms with E-state index in [1.54, 1.807) is 19.1 Å². The van der Waals surface area contributed by atoms with Crippen LogP contribution in [0.25, 0.3) is 11.1 Å². The van der Waals surface area contributed by atoms with Crippen molar-refractivity contribution in [1.82, 2.24) is 10.6 Å². The molecule has 0 saturated carbocycles. The van der Waals surface area contributed by atoms with Crippen LogP contribution in [0.1, 0.15) is 46.3 Å². The van der Waals surface area contributed by atoms with Gasteiger partial charge in [0.15, 0.2) is 0 Å². The average Bonchev–Trinajstić information content (AvgIpc) is 3.18. The molecule has 3 N–H and O–H groups in total. The number of carbonyl (C=O) groups excluding carboxylic acids is 2. The van der Waals surface area contributed by atoms with E-state index in [0.29, 0.717) is 12.0 Å². The van der Waals surface area contributed by atoms with Crippen molar-refractivity contribution in [3.63, 3.8) is 0 Å². The first-order valence-corrected chi connectivity index (χ1v) is 11.2. The van der Waals surface area contributed by atoms with Gasteiger partial charge in [0, 0.05) is 12.5 Å². The van der Waals surface area contributed by atoms with E-state index in [1.807, 2.05) is 36.4 Å². The van der Waals surface area contributed by atoms with Crippen LogP contribution in [0.4, 0.5) is 4.79 Å². The van der Waals surface area contributed by atoms with Crippen molar-refractivity contribution in [2.45, 2.75) is 31.8 Å². The van der Waals surface area contributed by atoms with Crippen molar-refractivity contribution in [2.24, 2.45) is 0 Å². The van der Waals surface area contributed by atoms with Gasteiger partial charge in [-0.25, -0.2) is 9.59 Å². The van der Waals surface area contributed by atoms with Crippen LogP contribution in [0.3, 0.4) is 0 Å². The molecule has 34 heavy (non-hydrogen) atoms. The quantitative estimate of drug-likeness (QED) is 0.466. The summed E-state index contributed by atoms with van der Waals surface area (Å²) >= 11 is 0. The third-order valence-corrected chi connectivity index (χ3v) is 6.00. The number of aromatic carboxylic acids is 1. The van der Waals surface area contributed by atoms with Gasteiger partial charge >= 0.3 is 12.1 Å². The molecular formula is C27H26N2O5. The van der Waals surface area contributed by atoms with E-state index < -0.39 is 18.1 Å². The van der Waals surface area contributed by atoms with Gasteiger partial charge in [-0.1, -0.05) is 67.6 Å². The standard InChI is InChI=1S/C27H26N2O5/c1-2-24(25(30)28-15-17-8-7-9-18(14-17)26(31)32)29-27(33)34-16-23-21-12-5-3-10-19(21)20-11-4-6-13-22(20)23/h3-14,23-24H,2,15-16H2,1H3,(H,28,30)(H,29,33)(H,31,32)/t24-/m1/s1. The molecule has 0 aromatic heterocycles. The van der Waals surface area contributed by atoms with Gasteiger partial charge in [0.1, 0.15) is 12.6 Å². The molecule has 2 amide bonds. The maximum Gasteiger partial charge on any atom is 0.407 e. The molecule has 1 atom stereocenters. The number of hydrogen-bond acceptors (Lipinski definition) is 4. The Hall–Kier alpha value is -4.13. The Bertz CT molecular complexity index is 1180. The molecule has 1 aliphatic rings. The van der Waals surface area contributed by atoms with Crippen molar-refractivity contribution in [1.29, 1.82) is 0 Å². The molecule has 4 rings (SSSR count). The van der Waals surface area contributed by atoms with E-state index in [-0.39, 0.29) is 30.5 Å². The van der Waals surface area contributed by atoms with Crippen molar-refractivity contribution < 1.29 is 24.2 Å². The Morgan fingerprint density at radius 3 is 2.21 bits per heavy atom. The fourth-order valence-corrected chi connectivity index (χ4v) is 4.26. The molecule has 7 heteroatoms. The van der Waals surface area contributed by atoms with E-state index in [4.69, 9.17) is 9.84 Å². The second-order valence-corrected chi connectivity index (χ2v) is 8.15. The van der Waals surface area contributed by atoms with Crippen LogP contribution < -0.4 is 10.6 Å². The van der Waals surface area contributed by atoms with Gasteiger partial charge in [0.2, 0.25) is 5.91 Å². The highest BCUT2D eigenvalue weighted by atomic mass is 16.5. The third kappa shape index (κ3) is 4.93. The molecule has 0 bridgehead atoms. The number of carbonyl (C=O) groups is 3. The lowest BCUT2D eigenvalue weighted by atomic mass is 9.98. The molecule has 0 fully saturated rings. The molecule has 3 aromatic rings. The summed E-state index contributed by atoms with van der Waals surface area (Å²) in [6.07, 6.45) is -0.276. The van der Waals surface area contributed by atoms with E-state index in [2.05, 4.69) is 22.8 Å². The largest absolute Gasteiger partial charge is 0.478 e. The lowest BCUT2D eigenvalue weighted by Crippen LogP contribution is -2.46. The molecule has 3 aromatic carbocycles. The number of rotatable bonds is 8. The number of ether oxygens (including phenoxy) is 1. The van der Waals surface area contributed by atoms with Gasteiger partial charge in [-0.05, 0) is 46.4 Å². The predicted octanol–water partition coefficient (Wildman–Crippen LogP) is 4.32. The number of carboxylic acids is 1. The minimum atomic E-state index is -1.03. The maximum atomic E-state index is 12.6. The van der Waals surface area contributed by atoms with Gasteiger partial charge in [0.25, 0.3) is 0 Å². The summed E-state index contributed by atoms with van der Waals surface area (Å²) in [6.45, 7) is 2.11. The minimum absolute atomic E-state index is 0.0615. The fraction of sp³-hybridized carbons (Fsp3) is 0.222. The first-order chi connectivity index (χ1) is 16.5. The Kier molecular flexibility index (Phi) is 6.92. The number of carboxylic acid groups (broad SMARTS) is 1. The van der Waals surface area contributed by atoms with Gasteiger partial charge in [-0.15, -0.1) is 0 Å². The van der Waals surface area contributed by atoms with E-state index in [9.17, 15) is 14.4 Å².